The van der Waals surface area contributed by atoms with Gasteiger partial charge in [-0.15, -0.1) is 0 Å². The van der Waals surface area contributed by atoms with Crippen LogP contribution in [0.1, 0.15) is 31.2 Å². The van der Waals surface area contributed by atoms with Crippen molar-refractivity contribution >= 4 is 35.0 Å². The Bertz CT molecular complexity index is 1270. The molecule has 1 atom stereocenters. The molecule has 0 radical (unpaired) electrons. The zero-order chi connectivity index (χ0) is 20.5. The van der Waals surface area contributed by atoms with Crippen LogP contribution in [0.15, 0.2) is 68.1 Å². The fourth-order valence-corrected chi connectivity index (χ4v) is 4.41. The highest BCUT2D eigenvalue weighted by Gasteiger charge is 2.33. The molecule has 0 spiro atoms. The normalized spacial score (nSPS) is 16.5. The number of esters is 1. The number of fused-ring (bicyclic) bond motifs is 1. The first kappa shape index (κ1) is 19.4. The van der Waals surface area contributed by atoms with Crippen LogP contribution in [0, 0.1) is 0 Å². The van der Waals surface area contributed by atoms with Crippen LogP contribution in [0.4, 0.5) is 0 Å². The molecule has 0 aliphatic carbocycles. The van der Waals surface area contributed by atoms with Crippen LogP contribution in [0.5, 0.6) is 0 Å². The summed E-state index contributed by atoms with van der Waals surface area (Å²) in [4.78, 5) is 31.0. The number of rotatable bonds is 4. The molecule has 3 heterocycles. The minimum absolute atomic E-state index is 0.228. The number of aromatic nitrogens is 1. The van der Waals surface area contributed by atoms with Gasteiger partial charge in [0.2, 0.25) is 0 Å². The van der Waals surface area contributed by atoms with Gasteiger partial charge in [-0.25, -0.2) is 9.79 Å². The summed E-state index contributed by atoms with van der Waals surface area (Å²) in [5.41, 5.74) is 1.36. The number of ether oxygens (including phenoxy) is 1. The maximum Gasteiger partial charge on any atom is 0.338 e. The minimum Gasteiger partial charge on any atom is -0.465 e. The molecule has 6 nitrogen and oxygen atoms in total. The standard InChI is InChI=1S/C21H17ClN2O4S/c1-3-27-20(26)17-12(2)23-21-24(18(17)13-6-8-14(22)9-7-13)19(25)16(29-21)11-15-5-4-10-28-15/h4-11,18H,3H2,1-2H3. The second kappa shape index (κ2) is 7.85. The van der Waals surface area contributed by atoms with Gasteiger partial charge >= 0.3 is 5.97 Å². The SMILES string of the molecule is CCOC(=O)C1=C(C)N=c2sc(=Cc3ccco3)c(=O)n2C1c1ccc(Cl)cc1. The van der Waals surface area contributed by atoms with Gasteiger partial charge in [0.05, 0.1) is 34.7 Å². The number of hydrogen-bond donors (Lipinski definition) is 0. The van der Waals surface area contributed by atoms with Gasteiger partial charge in [0.25, 0.3) is 5.56 Å². The zero-order valence-electron chi connectivity index (χ0n) is 15.7. The molecule has 1 aliphatic heterocycles. The summed E-state index contributed by atoms with van der Waals surface area (Å²) in [7, 11) is 0. The van der Waals surface area contributed by atoms with Crippen molar-refractivity contribution in [2.75, 3.05) is 6.61 Å². The van der Waals surface area contributed by atoms with Gasteiger partial charge in [-0.2, -0.15) is 0 Å². The summed E-state index contributed by atoms with van der Waals surface area (Å²) in [5.74, 6) is 0.0775. The number of halogens is 1. The summed E-state index contributed by atoms with van der Waals surface area (Å²) >= 11 is 7.29. The van der Waals surface area contributed by atoms with Crippen molar-refractivity contribution < 1.29 is 13.9 Å². The molecular formula is C21H17ClN2O4S. The predicted molar refractivity (Wildman–Crippen MR) is 111 cm³/mol. The Hall–Kier alpha value is -2.90. The maximum atomic E-state index is 13.3. The molecule has 0 bridgehead atoms. The van der Waals surface area contributed by atoms with Gasteiger partial charge < -0.3 is 9.15 Å². The highest BCUT2D eigenvalue weighted by atomic mass is 35.5. The van der Waals surface area contributed by atoms with Crippen LogP contribution in [-0.4, -0.2) is 17.1 Å². The number of furan rings is 1. The van der Waals surface area contributed by atoms with Crippen LogP contribution in [0.25, 0.3) is 6.08 Å². The Labute approximate surface area is 175 Å². The minimum atomic E-state index is -0.652. The molecule has 3 aromatic rings. The molecule has 0 amide bonds. The first-order valence-corrected chi connectivity index (χ1v) is 10.2. The molecular weight excluding hydrogens is 412 g/mol. The summed E-state index contributed by atoms with van der Waals surface area (Å²) in [6.07, 6.45) is 3.22. The summed E-state index contributed by atoms with van der Waals surface area (Å²) < 4.78 is 12.6. The van der Waals surface area contributed by atoms with Crippen molar-refractivity contribution in [1.82, 2.24) is 4.57 Å². The Morgan fingerprint density at radius 2 is 2.10 bits per heavy atom. The zero-order valence-corrected chi connectivity index (χ0v) is 17.3. The summed E-state index contributed by atoms with van der Waals surface area (Å²) in [5, 5.41) is 0.567. The molecule has 1 aliphatic rings. The van der Waals surface area contributed by atoms with Crippen molar-refractivity contribution in [3.8, 4) is 0 Å². The molecule has 4 rings (SSSR count). The van der Waals surface area contributed by atoms with Gasteiger partial charge in [-0.3, -0.25) is 9.36 Å². The first-order valence-electron chi connectivity index (χ1n) is 8.98. The monoisotopic (exact) mass is 428 g/mol. The Balaban J connectivity index is 1.97. The van der Waals surface area contributed by atoms with Gasteiger partial charge in [0.15, 0.2) is 4.80 Å². The number of nitrogens with zero attached hydrogens (tertiary/aromatic N) is 2. The van der Waals surface area contributed by atoms with Gasteiger partial charge in [0, 0.05) is 11.1 Å². The molecule has 1 aromatic carbocycles. The highest BCUT2D eigenvalue weighted by molar-refractivity contribution is 7.07. The summed E-state index contributed by atoms with van der Waals surface area (Å²) in [6.45, 7) is 3.72. The van der Waals surface area contributed by atoms with Crippen LogP contribution in [0.2, 0.25) is 5.02 Å². The average Bonchev–Trinajstić information content (AvgIpc) is 3.30. The van der Waals surface area contributed by atoms with E-state index >= 15 is 0 Å². The average molecular weight is 429 g/mol. The Morgan fingerprint density at radius 1 is 1.34 bits per heavy atom. The molecule has 8 heteroatoms. The van der Waals surface area contributed by atoms with E-state index in [1.807, 2.05) is 0 Å². The van der Waals surface area contributed by atoms with E-state index in [-0.39, 0.29) is 12.2 Å². The van der Waals surface area contributed by atoms with Crippen molar-refractivity contribution in [2.45, 2.75) is 19.9 Å². The van der Waals surface area contributed by atoms with Gasteiger partial charge in [-0.1, -0.05) is 35.1 Å². The van der Waals surface area contributed by atoms with Crippen molar-refractivity contribution in [3.63, 3.8) is 0 Å². The van der Waals surface area contributed by atoms with Crippen LogP contribution < -0.4 is 14.9 Å². The largest absolute Gasteiger partial charge is 0.465 e. The van der Waals surface area contributed by atoms with E-state index in [9.17, 15) is 9.59 Å². The van der Waals surface area contributed by atoms with Gasteiger partial charge in [0.1, 0.15) is 5.76 Å². The fourth-order valence-electron chi connectivity index (χ4n) is 3.25. The van der Waals surface area contributed by atoms with Gasteiger partial charge in [-0.05, 0) is 43.7 Å². The molecule has 29 heavy (non-hydrogen) atoms. The van der Waals surface area contributed by atoms with Crippen molar-refractivity contribution in [1.29, 1.82) is 0 Å². The molecule has 0 N–H and O–H groups in total. The van der Waals surface area contributed by atoms with Crippen LogP contribution in [0.3, 0.4) is 0 Å². The van der Waals surface area contributed by atoms with E-state index in [4.69, 9.17) is 20.8 Å². The van der Waals surface area contributed by atoms with E-state index in [0.29, 0.717) is 31.4 Å². The van der Waals surface area contributed by atoms with Crippen molar-refractivity contribution in [3.05, 3.63) is 90.0 Å². The second-order valence-corrected chi connectivity index (χ2v) is 7.81. The number of carbonyl (C=O) groups is 1. The van der Waals surface area contributed by atoms with E-state index in [0.717, 1.165) is 5.56 Å². The molecule has 1 unspecified atom stereocenters. The Morgan fingerprint density at radius 3 is 2.76 bits per heavy atom. The first-order chi connectivity index (χ1) is 14.0. The molecule has 2 aromatic heterocycles. The van der Waals surface area contributed by atoms with E-state index in [1.54, 1.807) is 62.6 Å². The Kier molecular flexibility index (Phi) is 5.25. The third-order valence-electron chi connectivity index (χ3n) is 4.52. The number of allylic oxidation sites excluding steroid dienone is 1. The number of thiazole rings is 1. The maximum absolute atomic E-state index is 13.3. The fraction of sp³-hybridized carbons (Fsp3) is 0.190. The lowest BCUT2D eigenvalue weighted by Gasteiger charge is -2.24. The molecule has 148 valence electrons. The molecule has 0 saturated carbocycles. The summed E-state index contributed by atoms with van der Waals surface area (Å²) in [6, 6.07) is 9.93. The predicted octanol–water partition coefficient (Wildman–Crippen LogP) is 3.04. The van der Waals surface area contributed by atoms with Crippen LogP contribution >= 0.6 is 22.9 Å². The molecule has 0 fully saturated rings. The smallest absolute Gasteiger partial charge is 0.338 e. The quantitative estimate of drug-likeness (QED) is 0.599. The van der Waals surface area contributed by atoms with Crippen molar-refractivity contribution in [2.24, 2.45) is 4.99 Å². The van der Waals surface area contributed by atoms with E-state index < -0.39 is 12.0 Å². The highest BCUT2D eigenvalue weighted by Crippen LogP contribution is 2.31. The molecule has 0 saturated heterocycles. The number of benzene rings is 1. The second-order valence-electron chi connectivity index (χ2n) is 6.37. The van der Waals surface area contributed by atoms with Crippen LogP contribution in [-0.2, 0) is 9.53 Å². The lowest BCUT2D eigenvalue weighted by Crippen LogP contribution is -2.39. The van der Waals surface area contributed by atoms with E-state index in [2.05, 4.69) is 4.99 Å². The third-order valence-corrected chi connectivity index (χ3v) is 5.75. The third kappa shape index (κ3) is 3.59. The number of carbonyl (C=O) groups excluding carboxylic acids is 1. The topological polar surface area (TPSA) is 73.8 Å². The number of hydrogen-bond acceptors (Lipinski definition) is 6. The van der Waals surface area contributed by atoms with E-state index in [1.165, 1.54) is 15.9 Å². The lowest BCUT2D eigenvalue weighted by atomic mass is 9.96. The lowest BCUT2D eigenvalue weighted by molar-refractivity contribution is -0.139.